The first kappa shape index (κ1) is 19.5. The van der Waals surface area contributed by atoms with Crippen LogP contribution in [0.15, 0.2) is 48.5 Å². The number of amides is 4. The van der Waals surface area contributed by atoms with E-state index in [1.807, 2.05) is 0 Å². The van der Waals surface area contributed by atoms with Gasteiger partial charge in [-0.15, -0.1) is 0 Å². The van der Waals surface area contributed by atoms with Crippen molar-refractivity contribution >= 4 is 17.8 Å². The Hall–Kier alpha value is -3.29. The third-order valence-corrected chi connectivity index (χ3v) is 4.75. The maximum Gasteiger partial charge on any atom is 0.325 e. The van der Waals surface area contributed by atoms with Crippen LogP contribution in [0.2, 0.25) is 0 Å². The van der Waals surface area contributed by atoms with Gasteiger partial charge in [0.2, 0.25) is 5.91 Å². The van der Waals surface area contributed by atoms with E-state index in [0.29, 0.717) is 11.1 Å². The molecule has 1 atom stereocenters. The number of nitrogens with zero attached hydrogens (tertiary/aromatic N) is 1. The fraction of sp³-hybridized carbons (Fsp3) is 0.250. The van der Waals surface area contributed by atoms with E-state index in [1.165, 1.54) is 48.5 Å². The van der Waals surface area contributed by atoms with Crippen LogP contribution in [-0.2, 0) is 21.7 Å². The van der Waals surface area contributed by atoms with Crippen LogP contribution < -0.4 is 10.6 Å². The highest BCUT2D eigenvalue weighted by atomic mass is 19.1. The van der Waals surface area contributed by atoms with E-state index in [9.17, 15) is 23.2 Å². The number of hydrogen-bond acceptors (Lipinski definition) is 3. The second-order valence-corrected chi connectivity index (χ2v) is 6.49. The number of rotatable bonds is 6. The first-order chi connectivity index (χ1) is 13.4. The zero-order chi connectivity index (χ0) is 20.3. The van der Waals surface area contributed by atoms with E-state index in [4.69, 9.17) is 0 Å². The summed E-state index contributed by atoms with van der Waals surface area (Å²) in [5, 5.41) is 5.23. The quantitative estimate of drug-likeness (QED) is 0.748. The van der Waals surface area contributed by atoms with Crippen LogP contribution in [0.5, 0.6) is 0 Å². The van der Waals surface area contributed by atoms with Gasteiger partial charge >= 0.3 is 6.03 Å². The van der Waals surface area contributed by atoms with Crippen molar-refractivity contribution in [2.45, 2.75) is 25.4 Å². The molecule has 0 unspecified atom stereocenters. The van der Waals surface area contributed by atoms with Gasteiger partial charge in [-0.25, -0.2) is 13.6 Å². The first-order valence-corrected chi connectivity index (χ1v) is 8.77. The Kier molecular flexibility index (Phi) is 5.39. The lowest BCUT2D eigenvalue weighted by Gasteiger charge is -2.25. The predicted molar refractivity (Wildman–Crippen MR) is 96.9 cm³/mol. The van der Waals surface area contributed by atoms with Gasteiger partial charge < -0.3 is 10.6 Å². The van der Waals surface area contributed by atoms with Crippen molar-refractivity contribution in [3.63, 3.8) is 0 Å². The normalized spacial score (nSPS) is 18.9. The molecular formula is C20H19F2N3O3. The number of urea groups is 1. The second-order valence-electron chi connectivity index (χ2n) is 6.49. The highest BCUT2D eigenvalue weighted by Gasteiger charge is 2.51. The highest BCUT2D eigenvalue weighted by molar-refractivity contribution is 6.09. The van der Waals surface area contributed by atoms with Gasteiger partial charge in [-0.3, -0.25) is 14.5 Å². The van der Waals surface area contributed by atoms with Crippen LogP contribution in [0.4, 0.5) is 13.6 Å². The molecule has 2 N–H and O–H groups in total. The number of imide groups is 1. The molecule has 0 spiro atoms. The van der Waals surface area contributed by atoms with Gasteiger partial charge in [-0.1, -0.05) is 31.2 Å². The summed E-state index contributed by atoms with van der Waals surface area (Å²) in [5.41, 5.74) is -0.202. The van der Waals surface area contributed by atoms with Crippen molar-refractivity contribution in [1.29, 1.82) is 0 Å². The van der Waals surface area contributed by atoms with Crippen molar-refractivity contribution in [2.24, 2.45) is 0 Å². The Labute approximate surface area is 160 Å². The fourth-order valence-electron chi connectivity index (χ4n) is 3.15. The molecular weight excluding hydrogens is 368 g/mol. The lowest BCUT2D eigenvalue weighted by atomic mass is 9.87. The molecule has 1 aliphatic rings. The topological polar surface area (TPSA) is 78.5 Å². The Bertz CT molecular complexity index is 900. The molecule has 8 heteroatoms. The SMILES string of the molecule is CC[C@@]1(c2ccc(F)cc2)NC(=O)N(CC(=O)NCc2ccc(F)cc2)C1=O. The number of carbonyl (C=O) groups excluding carboxylic acids is 3. The monoisotopic (exact) mass is 387 g/mol. The molecule has 146 valence electrons. The zero-order valence-electron chi connectivity index (χ0n) is 15.2. The van der Waals surface area contributed by atoms with Gasteiger partial charge in [-0.2, -0.15) is 0 Å². The van der Waals surface area contributed by atoms with E-state index < -0.39 is 35.7 Å². The van der Waals surface area contributed by atoms with E-state index >= 15 is 0 Å². The van der Waals surface area contributed by atoms with Crippen LogP contribution in [0.25, 0.3) is 0 Å². The van der Waals surface area contributed by atoms with Crippen molar-refractivity contribution in [3.8, 4) is 0 Å². The number of halogens is 2. The summed E-state index contributed by atoms with van der Waals surface area (Å²) in [6.07, 6.45) is 0.247. The summed E-state index contributed by atoms with van der Waals surface area (Å²) in [6, 6.07) is 10.2. The molecule has 1 saturated heterocycles. The van der Waals surface area contributed by atoms with Crippen LogP contribution >= 0.6 is 0 Å². The molecule has 1 heterocycles. The lowest BCUT2D eigenvalue weighted by molar-refractivity contribution is -0.135. The molecule has 0 aliphatic carbocycles. The van der Waals surface area contributed by atoms with Gasteiger partial charge in [-0.05, 0) is 41.8 Å². The molecule has 4 amide bonds. The number of nitrogens with one attached hydrogen (secondary N) is 2. The Morgan fingerprint density at radius 1 is 1.04 bits per heavy atom. The molecule has 0 saturated carbocycles. The molecule has 3 rings (SSSR count). The number of carbonyl (C=O) groups is 3. The average Bonchev–Trinajstić information content (AvgIpc) is 2.93. The van der Waals surface area contributed by atoms with Crippen LogP contribution in [0.3, 0.4) is 0 Å². The smallest absolute Gasteiger partial charge is 0.325 e. The third-order valence-electron chi connectivity index (χ3n) is 4.75. The minimum Gasteiger partial charge on any atom is -0.350 e. The molecule has 28 heavy (non-hydrogen) atoms. The summed E-state index contributed by atoms with van der Waals surface area (Å²) in [7, 11) is 0. The average molecular weight is 387 g/mol. The van der Waals surface area contributed by atoms with Gasteiger partial charge in [0.1, 0.15) is 23.7 Å². The minimum absolute atomic E-state index is 0.139. The fourth-order valence-corrected chi connectivity index (χ4v) is 3.15. The summed E-state index contributed by atoms with van der Waals surface area (Å²) in [4.78, 5) is 38.3. The second kappa shape index (κ2) is 7.75. The summed E-state index contributed by atoms with van der Waals surface area (Å²) in [6.45, 7) is 1.41. The van der Waals surface area contributed by atoms with Crippen LogP contribution in [0, 0.1) is 11.6 Å². The van der Waals surface area contributed by atoms with Crippen molar-refractivity contribution in [1.82, 2.24) is 15.5 Å². The van der Waals surface area contributed by atoms with Gasteiger partial charge in [0.15, 0.2) is 0 Å². The lowest BCUT2D eigenvalue weighted by Crippen LogP contribution is -2.44. The molecule has 1 aliphatic heterocycles. The van der Waals surface area contributed by atoms with E-state index in [2.05, 4.69) is 10.6 Å². The number of hydrogen-bond donors (Lipinski definition) is 2. The maximum atomic E-state index is 13.2. The van der Waals surface area contributed by atoms with E-state index in [-0.39, 0.29) is 18.8 Å². The minimum atomic E-state index is -1.33. The summed E-state index contributed by atoms with van der Waals surface area (Å²) < 4.78 is 26.1. The maximum absolute atomic E-state index is 13.2. The van der Waals surface area contributed by atoms with Gasteiger partial charge in [0.25, 0.3) is 5.91 Å². The largest absolute Gasteiger partial charge is 0.350 e. The zero-order valence-corrected chi connectivity index (χ0v) is 15.2. The Balaban J connectivity index is 1.69. The Morgan fingerprint density at radius 3 is 2.18 bits per heavy atom. The molecule has 2 aromatic carbocycles. The molecule has 1 fully saturated rings. The van der Waals surface area contributed by atoms with Crippen molar-refractivity contribution in [2.75, 3.05) is 6.54 Å². The molecule has 0 aromatic heterocycles. The molecule has 0 bridgehead atoms. The van der Waals surface area contributed by atoms with Crippen molar-refractivity contribution < 1.29 is 23.2 Å². The summed E-state index contributed by atoms with van der Waals surface area (Å²) >= 11 is 0. The first-order valence-electron chi connectivity index (χ1n) is 8.77. The van der Waals surface area contributed by atoms with Crippen molar-refractivity contribution in [3.05, 3.63) is 71.3 Å². The number of benzene rings is 2. The molecule has 0 radical (unpaired) electrons. The highest BCUT2D eigenvalue weighted by Crippen LogP contribution is 2.32. The van der Waals surface area contributed by atoms with Gasteiger partial charge in [0, 0.05) is 6.54 Å². The third kappa shape index (κ3) is 3.71. The van der Waals surface area contributed by atoms with E-state index in [0.717, 1.165) is 4.90 Å². The Morgan fingerprint density at radius 2 is 1.61 bits per heavy atom. The van der Waals surface area contributed by atoms with Gasteiger partial charge in [0.05, 0.1) is 0 Å². The summed E-state index contributed by atoms with van der Waals surface area (Å²) in [5.74, 6) is -1.93. The predicted octanol–water partition coefficient (Wildman–Crippen LogP) is 2.44. The molecule has 2 aromatic rings. The van der Waals surface area contributed by atoms with Crippen LogP contribution in [-0.4, -0.2) is 29.3 Å². The van der Waals surface area contributed by atoms with E-state index in [1.54, 1.807) is 6.92 Å². The van der Waals surface area contributed by atoms with Crippen LogP contribution in [0.1, 0.15) is 24.5 Å². The molecule has 6 nitrogen and oxygen atoms in total. The standard InChI is InChI=1S/C20H19F2N3O3/c1-2-20(14-5-9-16(22)10-6-14)18(27)25(19(28)24-20)12-17(26)23-11-13-3-7-15(21)8-4-13/h3-10H,2,11-12H2,1H3,(H,23,26)(H,24,28)/t20-/m0/s1.